The van der Waals surface area contributed by atoms with Gasteiger partial charge in [-0.05, 0) is 69.7 Å². The van der Waals surface area contributed by atoms with Crippen LogP contribution in [0, 0.1) is 0 Å². The standard InChI is InChI=1S/C20H30N2O3/c1-16-6-4-12-21(16)13-5-15-25-18-10-8-17(9-11-18)19-7-2-3-14-22(19)20(23)24/h8-11,16,19H,2-7,12-15H2,1H3,(H,23,24)/t16-,19?/m1/s1. The second-order valence-corrected chi connectivity index (χ2v) is 7.29. The minimum Gasteiger partial charge on any atom is -0.494 e. The van der Waals surface area contributed by atoms with Crippen LogP contribution >= 0.6 is 0 Å². The molecule has 1 aromatic rings. The average Bonchev–Trinajstić information content (AvgIpc) is 3.04. The summed E-state index contributed by atoms with van der Waals surface area (Å²) in [5, 5.41) is 9.37. The maximum Gasteiger partial charge on any atom is 0.407 e. The Morgan fingerprint density at radius 2 is 1.96 bits per heavy atom. The number of carbonyl (C=O) groups is 1. The van der Waals surface area contributed by atoms with Crippen molar-refractivity contribution < 1.29 is 14.6 Å². The molecule has 2 aliphatic heterocycles. The molecule has 138 valence electrons. The molecule has 0 bridgehead atoms. The molecular weight excluding hydrogens is 316 g/mol. The van der Waals surface area contributed by atoms with Gasteiger partial charge >= 0.3 is 6.09 Å². The molecule has 3 rings (SSSR count). The van der Waals surface area contributed by atoms with E-state index in [0.717, 1.165) is 50.1 Å². The molecule has 0 radical (unpaired) electrons. The van der Waals surface area contributed by atoms with Crippen molar-refractivity contribution in [2.24, 2.45) is 0 Å². The molecular formula is C20H30N2O3. The van der Waals surface area contributed by atoms with Crippen LogP contribution in [-0.4, -0.2) is 53.3 Å². The van der Waals surface area contributed by atoms with E-state index in [0.29, 0.717) is 12.6 Å². The van der Waals surface area contributed by atoms with Crippen molar-refractivity contribution in [3.05, 3.63) is 29.8 Å². The highest BCUT2D eigenvalue weighted by Gasteiger charge is 2.27. The van der Waals surface area contributed by atoms with Gasteiger partial charge in [-0.25, -0.2) is 4.79 Å². The van der Waals surface area contributed by atoms with Crippen molar-refractivity contribution in [2.45, 2.75) is 57.5 Å². The predicted molar refractivity (Wildman–Crippen MR) is 98.1 cm³/mol. The first-order valence-corrected chi connectivity index (χ1v) is 9.61. The fraction of sp³-hybridized carbons (Fsp3) is 0.650. The predicted octanol–water partition coefficient (Wildman–Crippen LogP) is 4.14. The Morgan fingerprint density at radius 1 is 1.16 bits per heavy atom. The minimum absolute atomic E-state index is 0.0167. The Hall–Kier alpha value is -1.75. The Labute approximate surface area is 150 Å². The molecule has 2 heterocycles. The molecule has 5 nitrogen and oxygen atoms in total. The van der Waals surface area contributed by atoms with E-state index in [1.54, 1.807) is 4.90 Å². The number of hydrogen-bond acceptors (Lipinski definition) is 3. The Bertz CT molecular complexity index is 561. The lowest BCUT2D eigenvalue weighted by Crippen LogP contribution is -2.37. The number of ether oxygens (including phenoxy) is 1. The molecule has 1 aromatic carbocycles. The second-order valence-electron chi connectivity index (χ2n) is 7.29. The highest BCUT2D eigenvalue weighted by molar-refractivity contribution is 5.66. The van der Waals surface area contributed by atoms with Gasteiger partial charge in [0.15, 0.2) is 0 Å². The van der Waals surface area contributed by atoms with Crippen LogP contribution in [0.4, 0.5) is 4.79 Å². The lowest BCUT2D eigenvalue weighted by atomic mass is 9.95. The molecule has 0 saturated carbocycles. The summed E-state index contributed by atoms with van der Waals surface area (Å²) in [6.07, 6.45) is 5.80. The average molecular weight is 346 g/mol. The van der Waals surface area contributed by atoms with Gasteiger partial charge < -0.3 is 19.6 Å². The molecule has 1 N–H and O–H groups in total. The van der Waals surface area contributed by atoms with Crippen LogP contribution in [0.3, 0.4) is 0 Å². The first-order chi connectivity index (χ1) is 12.1. The van der Waals surface area contributed by atoms with Gasteiger partial charge in [0.1, 0.15) is 5.75 Å². The number of likely N-dealkylation sites (tertiary alicyclic amines) is 2. The van der Waals surface area contributed by atoms with Crippen LogP contribution in [0.1, 0.15) is 57.1 Å². The van der Waals surface area contributed by atoms with E-state index < -0.39 is 6.09 Å². The first-order valence-electron chi connectivity index (χ1n) is 9.61. The topological polar surface area (TPSA) is 53.0 Å². The largest absolute Gasteiger partial charge is 0.494 e. The van der Waals surface area contributed by atoms with E-state index in [4.69, 9.17) is 4.74 Å². The zero-order valence-electron chi connectivity index (χ0n) is 15.2. The van der Waals surface area contributed by atoms with E-state index >= 15 is 0 Å². The number of piperidine rings is 1. The molecule has 0 spiro atoms. The molecule has 2 atom stereocenters. The van der Waals surface area contributed by atoms with Crippen molar-refractivity contribution >= 4 is 6.09 Å². The molecule has 1 unspecified atom stereocenters. The zero-order chi connectivity index (χ0) is 17.6. The summed E-state index contributed by atoms with van der Waals surface area (Å²) in [6.45, 7) is 5.99. The first kappa shape index (κ1) is 18.1. The third kappa shape index (κ3) is 4.66. The number of nitrogens with zero attached hydrogens (tertiary/aromatic N) is 2. The summed E-state index contributed by atoms with van der Waals surface area (Å²) in [4.78, 5) is 15.5. The molecule has 25 heavy (non-hydrogen) atoms. The van der Waals surface area contributed by atoms with Gasteiger partial charge in [0.25, 0.3) is 0 Å². The Kier molecular flexibility index (Phi) is 6.19. The summed E-state index contributed by atoms with van der Waals surface area (Å²) in [5.74, 6) is 0.871. The molecule has 0 aromatic heterocycles. The number of benzene rings is 1. The van der Waals surface area contributed by atoms with Gasteiger partial charge in [0, 0.05) is 19.1 Å². The summed E-state index contributed by atoms with van der Waals surface area (Å²) in [5.41, 5.74) is 1.07. The quantitative estimate of drug-likeness (QED) is 0.787. The maximum absolute atomic E-state index is 11.4. The van der Waals surface area contributed by atoms with E-state index in [1.165, 1.54) is 19.4 Å². The molecule has 1 amide bonds. The molecule has 5 heteroatoms. The maximum atomic E-state index is 11.4. The molecule has 2 aliphatic rings. The van der Waals surface area contributed by atoms with Crippen molar-refractivity contribution in [1.82, 2.24) is 9.80 Å². The highest BCUT2D eigenvalue weighted by atomic mass is 16.5. The van der Waals surface area contributed by atoms with Gasteiger partial charge in [0.05, 0.1) is 12.6 Å². The second kappa shape index (κ2) is 8.56. The van der Waals surface area contributed by atoms with Gasteiger partial charge in [0.2, 0.25) is 0 Å². The summed E-state index contributed by atoms with van der Waals surface area (Å²) in [6, 6.07) is 8.68. The van der Waals surface area contributed by atoms with Crippen LogP contribution < -0.4 is 4.74 Å². The SMILES string of the molecule is C[C@@H]1CCCN1CCCOc1ccc(C2CCCCN2C(=O)O)cc1. The third-order valence-corrected chi connectivity index (χ3v) is 5.56. The smallest absolute Gasteiger partial charge is 0.407 e. The zero-order valence-corrected chi connectivity index (χ0v) is 15.2. The van der Waals surface area contributed by atoms with Crippen LogP contribution in [0.2, 0.25) is 0 Å². The van der Waals surface area contributed by atoms with Gasteiger partial charge in [-0.3, -0.25) is 0 Å². The van der Waals surface area contributed by atoms with Crippen molar-refractivity contribution in [1.29, 1.82) is 0 Å². The number of hydrogen-bond donors (Lipinski definition) is 1. The lowest BCUT2D eigenvalue weighted by molar-refractivity contribution is 0.106. The summed E-state index contributed by atoms with van der Waals surface area (Å²) >= 11 is 0. The van der Waals surface area contributed by atoms with E-state index in [-0.39, 0.29) is 6.04 Å². The van der Waals surface area contributed by atoms with Crippen LogP contribution in [0.15, 0.2) is 24.3 Å². The summed E-state index contributed by atoms with van der Waals surface area (Å²) in [7, 11) is 0. The molecule has 2 saturated heterocycles. The van der Waals surface area contributed by atoms with Gasteiger partial charge in [-0.15, -0.1) is 0 Å². The van der Waals surface area contributed by atoms with Gasteiger partial charge in [-0.1, -0.05) is 12.1 Å². The number of carboxylic acid groups (broad SMARTS) is 1. The van der Waals surface area contributed by atoms with Crippen LogP contribution in [0.5, 0.6) is 5.75 Å². The normalized spacial score (nSPS) is 24.4. The Morgan fingerprint density at radius 3 is 2.64 bits per heavy atom. The summed E-state index contributed by atoms with van der Waals surface area (Å²) < 4.78 is 5.86. The van der Waals surface area contributed by atoms with Gasteiger partial charge in [-0.2, -0.15) is 0 Å². The molecule has 2 fully saturated rings. The van der Waals surface area contributed by atoms with Crippen LogP contribution in [-0.2, 0) is 0 Å². The van der Waals surface area contributed by atoms with Crippen molar-refractivity contribution in [3.63, 3.8) is 0 Å². The number of amides is 1. The minimum atomic E-state index is -0.818. The van der Waals surface area contributed by atoms with Crippen molar-refractivity contribution in [3.8, 4) is 5.75 Å². The fourth-order valence-corrected chi connectivity index (χ4v) is 4.08. The van der Waals surface area contributed by atoms with Crippen molar-refractivity contribution in [2.75, 3.05) is 26.2 Å². The molecule has 0 aliphatic carbocycles. The van der Waals surface area contributed by atoms with E-state index in [2.05, 4.69) is 11.8 Å². The fourth-order valence-electron chi connectivity index (χ4n) is 4.08. The lowest BCUT2D eigenvalue weighted by Gasteiger charge is -2.33. The highest BCUT2D eigenvalue weighted by Crippen LogP contribution is 2.31. The third-order valence-electron chi connectivity index (χ3n) is 5.56. The van der Waals surface area contributed by atoms with E-state index in [9.17, 15) is 9.90 Å². The Balaban J connectivity index is 1.47. The number of rotatable bonds is 6. The van der Waals surface area contributed by atoms with E-state index in [1.807, 2.05) is 24.3 Å². The van der Waals surface area contributed by atoms with Crippen LogP contribution in [0.25, 0.3) is 0 Å². The monoisotopic (exact) mass is 346 g/mol.